The van der Waals surface area contributed by atoms with Crippen molar-refractivity contribution in [3.05, 3.63) is 22.9 Å². The molecule has 1 aliphatic heterocycles. The number of fused-ring (bicyclic) bond motifs is 1. The predicted octanol–water partition coefficient (Wildman–Crippen LogP) is 0.466. The van der Waals surface area contributed by atoms with Gasteiger partial charge in [-0.1, -0.05) is 0 Å². The zero-order chi connectivity index (χ0) is 14.3. The minimum absolute atomic E-state index is 0.166. The lowest BCUT2D eigenvalue weighted by atomic mass is 10.1. The van der Waals surface area contributed by atoms with Crippen LogP contribution in [0.4, 0.5) is 5.82 Å². The van der Waals surface area contributed by atoms with Gasteiger partial charge in [-0.25, -0.2) is 9.78 Å². The number of aromatic nitrogens is 1. The van der Waals surface area contributed by atoms with E-state index in [9.17, 15) is 20.3 Å². The van der Waals surface area contributed by atoms with Crippen LogP contribution in [0.1, 0.15) is 29.7 Å². The summed E-state index contributed by atoms with van der Waals surface area (Å²) in [5.74, 6) is -0.593. The average molecular weight is 273 g/mol. The van der Waals surface area contributed by atoms with E-state index in [0.29, 0.717) is 11.4 Å². The van der Waals surface area contributed by atoms with Gasteiger partial charge in [-0.3, -0.25) is 0 Å². The minimum atomic E-state index is -0.993. The lowest BCUT2D eigenvalue weighted by molar-refractivity contribution is -0.138. The average Bonchev–Trinajstić information content (AvgIpc) is 3.02. The van der Waals surface area contributed by atoms with Gasteiger partial charge in [-0.05, 0) is 30.9 Å². The van der Waals surface area contributed by atoms with Crippen LogP contribution in [0.5, 0.6) is 0 Å². The summed E-state index contributed by atoms with van der Waals surface area (Å²) >= 11 is 0. The maximum absolute atomic E-state index is 11.3. The normalized spacial score (nSPS) is 24.5. The molecule has 2 heterocycles. The molecule has 2 aliphatic rings. The van der Waals surface area contributed by atoms with Gasteiger partial charge in [0.25, 0.3) is 0 Å². The first-order valence-corrected chi connectivity index (χ1v) is 6.70. The standard InChI is InChI=1S/C14H15N3O3/c15-6-9-4-8-2-1-3-11(8)16-13(9)17-7-10(18)5-12(17)14(19)20/h4,10,12,18H,1-3,5,7H2,(H,19,20). The number of carboxylic acids is 1. The number of nitriles is 1. The molecule has 1 aromatic heterocycles. The van der Waals surface area contributed by atoms with Crippen LogP contribution >= 0.6 is 0 Å². The fourth-order valence-electron chi connectivity index (χ4n) is 3.04. The van der Waals surface area contributed by atoms with Crippen LogP contribution < -0.4 is 4.90 Å². The highest BCUT2D eigenvalue weighted by Crippen LogP contribution is 2.31. The fourth-order valence-corrected chi connectivity index (χ4v) is 3.04. The number of rotatable bonds is 2. The van der Waals surface area contributed by atoms with Gasteiger partial charge in [0.2, 0.25) is 0 Å². The summed E-state index contributed by atoms with van der Waals surface area (Å²) in [5.41, 5.74) is 2.42. The minimum Gasteiger partial charge on any atom is -0.480 e. The molecule has 3 rings (SSSR count). The van der Waals surface area contributed by atoms with E-state index in [1.807, 2.05) is 6.07 Å². The Kier molecular flexibility index (Phi) is 3.07. The Morgan fingerprint density at radius 2 is 2.30 bits per heavy atom. The van der Waals surface area contributed by atoms with Crippen molar-refractivity contribution in [1.82, 2.24) is 4.98 Å². The lowest BCUT2D eigenvalue weighted by Crippen LogP contribution is -2.37. The Morgan fingerprint density at radius 3 is 3.00 bits per heavy atom. The largest absolute Gasteiger partial charge is 0.480 e. The summed E-state index contributed by atoms with van der Waals surface area (Å²) in [5, 5.41) is 28.3. The van der Waals surface area contributed by atoms with Crippen molar-refractivity contribution >= 4 is 11.8 Å². The van der Waals surface area contributed by atoms with E-state index in [4.69, 9.17) is 0 Å². The first kappa shape index (κ1) is 12.9. The summed E-state index contributed by atoms with van der Waals surface area (Å²) in [7, 11) is 0. The number of aryl methyl sites for hydroxylation is 2. The molecule has 0 aromatic carbocycles. The fraction of sp³-hybridized carbons (Fsp3) is 0.500. The smallest absolute Gasteiger partial charge is 0.326 e. The van der Waals surface area contributed by atoms with Crippen LogP contribution in [0.25, 0.3) is 0 Å². The zero-order valence-corrected chi connectivity index (χ0v) is 10.9. The third kappa shape index (κ3) is 2.00. The van der Waals surface area contributed by atoms with Crippen LogP contribution in [-0.2, 0) is 17.6 Å². The molecule has 0 spiro atoms. The second kappa shape index (κ2) is 4.76. The van der Waals surface area contributed by atoms with E-state index in [-0.39, 0.29) is 13.0 Å². The Bertz CT molecular complexity index is 608. The van der Waals surface area contributed by atoms with Gasteiger partial charge in [0.15, 0.2) is 0 Å². The molecule has 1 saturated heterocycles. The summed E-state index contributed by atoms with van der Waals surface area (Å²) in [6.07, 6.45) is 2.27. The molecule has 2 N–H and O–H groups in total. The highest BCUT2D eigenvalue weighted by atomic mass is 16.4. The highest BCUT2D eigenvalue weighted by molar-refractivity contribution is 5.79. The third-order valence-electron chi connectivity index (χ3n) is 3.99. The number of anilines is 1. The first-order chi connectivity index (χ1) is 9.60. The molecule has 2 unspecified atom stereocenters. The Labute approximate surface area is 116 Å². The number of hydrogen-bond acceptors (Lipinski definition) is 5. The number of aliphatic hydroxyl groups is 1. The summed E-state index contributed by atoms with van der Waals surface area (Å²) in [6.45, 7) is 0.206. The van der Waals surface area contributed by atoms with Crippen molar-refractivity contribution in [3.63, 3.8) is 0 Å². The molecule has 1 aromatic rings. The van der Waals surface area contributed by atoms with Crippen LogP contribution in [0.3, 0.4) is 0 Å². The van der Waals surface area contributed by atoms with Crippen molar-refractivity contribution in [3.8, 4) is 6.07 Å². The maximum atomic E-state index is 11.3. The molecule has 20 heavy (non-hydrogen) atoms. The maximum Gasteiger partial charge on any atom is 0.326 e. The van der Waals surface area contributed by atoms with Gasteiger partial charge in [-0.2, -0.15) is 5.26 Å². The topological polar surface area (TPSA) is 97.5 Å². The van der Waals surface area contributed by atoms with E-state index in [0.717, 1.165) is 30.5 Å². The van der Waals surface area contributed by atoms with Crippen molar-refractivity contribution in [1.29, 1.82) is 5.26 Å². The van der Waals surface area contributed by atoms with Crippen LogP contribution in [0.2, 0.25) is 0 Å². The monoisotopic (exact) mass is 273 g/mol. The van der Waals surface area contributed by atoms with E-state index in [1.54, 1.807) is 4.90 Å². The summed E-state index contributed by atoms with van der Waals surface area (Å²) < 4.78 is 0. The number of aliphatic carboxylic acids is 1. The lowest BCUT2D eigenvalue weighted by Gasteiger charge is -2.23. The molecule has 6 nitrogen and oxygen atoms in total. The first-order valence-electron chi connectivity index (χ1n) is 6.70. The van der Waals surface area contributed by atoms with E-state index in [1.165, 1.54) is 0 Å². The SMILES string of the molecule is N#Cc1cc2c(nc1N1CC(O)CC1C(=O)O)CCC2. The Balaban J connectivity index is 2.05. The van der Waals surface area contributed by atoms with E-state index < -0.39 is 18.1 Å². The number of β-amino-alcohol motifs (C(OH)–C–C–N with tert-alkyl or cyclic N) is 1. The van der Waals surface area contributed by atoms with Crippen molar-refractivity contribution in [2.75, 3.05) is 11.4 Å². The summed E-state index contributed by atoms with van der Waals surface area (Å²) in [6, 6.07) is 3.10. The molecule has 0 saturated carbocycles. The number of pyridine rings is 1. The molecule has 0 bridgehead atoms. The molecule has 2 atom stereocenters. The molecular weight excluding hydrogens is 258 g/mol. The predicted molar refractivity (Wildman–Crippen MR) is 70.4 cm³/mol. The highest BCUT2D eigenvalue weighted by Gasteiger charge is 2.38. The number of carbonyl (C=O) groups is 1. The number of nitrogens with zero attached hydrogens (tertiary/aromatic N) is 3. The van der Waals surface area contributed by atoms with Gasteiger partial charge in [0, 0.05) is 18.7 Å². The number of hydrogen-bond donors (Lipinski definition) is 2. The molecular formula is C14H15N3O3. The molecule has 1 aliphatic carbocycles. The van der Waals surface area contributed by atoms with Gasteiger partial charge in [0.1, 0.15) is 17.9 Å². The molecule has 1 fully saturated rings. The Hall–Kier alpha value is -2.13. The number of aliphatic hydroxyl groups excluding tert-OH is 1. The van der Waals surface area contributed by atoms with Crippen LogP contribution in [-0.4, -0.2) is 39.9 Å². The van der Waals surface area contributed by atoms with Crippen molar-refractivity contribution in [2.24, 2.45) is 0 Å². The molecule has 104 valence electrons. The zero-order valence-electron chi connectivity index (χ0n) is 10.9. The van der Waals surface area contributed by atoms with Crippen molar-refractivity contribution < 1.29 is 15.0 Å². The van der Waals surface area contributed by atoms with Crippen LogP contribution in [0.15, 0.2) is 6.07 Å². The van der Waals surface area contributed by atoms with E-state index in [2.05, 4.69) is 11.1 Å². The second-order valence-corrected chi connectivity index (χ2v) is 5.33. The number of carboxylic acid groups (broad SMARTS) is 1. The van der Waals surface area contributed by atoms with E-state index >= 15 is 0 Å². The molecule has 0 radical (unpaired) electrons. The third-order valence-corrected chi connectivity index (χ3v) is 3.99. The molecule has 6 heteroatoms. The quantitative estimate of drug-likeness (QED) is 0.812. The van der Waals surface area contributed by atoms with Gasteiger partial charge >= 0.3 is 5.97 Å². The van der Waals surface area contributed by atoms with Gasteiger partial charge in [-0.15, -0.1) is 0 Å². The molecule has 0 amide bonds. The second-order valence-electron chi connectivity index (χ2n) is 5.33. The van der Waals surface area contributed by atoms with Crippen LogP contribution in [0, 0.1) is 11.3 Å². The van der Waals surface area contributed by atoms with Gasteiger partial charge in [0.05, 0.1) is 11.7 Å². The summed E-state index contributed by atoms with van der Waals surface area (Å²) in [4.78, 5) is 17.3. The Morgan fingerprint density at radius 1 is 1.50 bits per heavy atom. The van der Waals surface area contributed by atoms with Crippen molar-refractivity contribution in [2.45, 2.75) is 37.8 Å². The van der Waals surface area contributed by atoms with Gasteiger partial charge < -0.3 is 15.1 Å².